The third-order valence-corrected chi connectivity index (χ3v) is 6.58. The zero-order valence-electron chi connectivity index (χ0n) is 15.5. The van der Waals surface area contributed by atoms with Crippen molar-refractivity contribution in [3.05, 3.63) is 58.1 Å². The number of halogens is 1. The number of carbonyl (C=O) groups excluding carboxylic acids is 1. The molecule has 6 nitrogen and oxygen atoms in total. The van der Waals surface area contributed by atoms with E-state index in [1.807, 2.05) is 26.0 Å². The van der Waals surface area contributed by atoms with E-state index in [0.29, 0.717) is 5.69 Å². The van der Waals surface area contributed by atoms with Gasteiger partial charge in [0, 0.05) is 23.8 Å². The van der Waals surface area contributed by atoms with E-state index in [-0.39, 0.29) is 24.6 Å². The smallest absolute Gasteiger partial charge is 0.243 e. The molecule has 0 saturated carbocycles. The highest BCUT2D eigenvalue weighted by molar-refractivity contribution is 9.10. The molecule has 27 heavy (non-hydrogen) atoms. The van der Waals surface area contributed by atoms with Gasteiger partial charge in [0.1, 0.15) is 0 Å². The minimum Gasteiger partial charge on any atom is -0.383 e. The van der Waals surface area contributed by atoms with Crippen LogP contribution in [0.2, 0.25) is 0 Å². The largest absolute Gasteiger partial charge is 0.383 e. The van der Waals surface area contributed by atoms with Crippen molar-refractivity contribution >= 4 is 37.5 Å². The van der Waals surface area contributed by atoms with E-state index >= 15 is 0 Å². The number of nitrogens with one attached hydrogen (secondary N) is 1. The predicted octanol–water partition coefficient (Wildman–Crippen LogP) is 3.34. The summed E-state index contributed by atoms with van der Waals surface area (Å²) >= 11 is 3.29. The van der Waals surface area contributed by atoms with Crippen LogP contribution in [0, 0.1) is 13.8 Å². The molecule has 0 radical (unpaired) electrons. The second-order valence-electron chi connectivity index (χ2n) is 6.08. The van der Waals surface area contributed by atoms with Gasteiger partial charge in [-0.1, -0.05) is 28.1 Å². The van der Waals surface area contributed by atoms with Crippen LogP contribution in [0.25, 0.3) is 0 Å². The Morgan fingerprint density at radius 1 is 1.15 bits per heavy atom. The number of nitrogens with zero attached hydrogens (tertiary/aromatic N) is 1. The fraction of sp³-hybridized carbons (Fsp3) is 0.316. The Labute approximate surface area is 168 Å². The van der Waals surface area contributed by atoms with Crippen LogP contribution in [0.3, 0.4) is 0 Å². The molecule has 8 heteroatoms. The molecule has 0 atom stereocenters. The Hall–Kier alpha value is -1.74. The molecule has 1 amide bonds. The monoisotopic (exact) mass is 454 g/mol. The number of rotatable bonds is 8. The summed E-state index contributed by atoms with van der Waals surface area (Å²) in [6.45, 7) is 3.83. The SMILES string of the molecule is COCCN(CC(=O)Nc1cccc(C)c1C)S(=O)(=O)c1ccc(Br)cc1. The van der Waals surface area contributed by atoms with Gasteiger partial charge in [0.2, 0.25) is 15.9 Å². The number of benzene rings is 2. The molecular weight excluding hydrogens is 432 g/mol. The first kappa shape index (κ1) is 21.6. The predicted molar refractivity (Wildman–Crippen MR) is 109 cm³/mol. The molecule has 146 valence electrons. The van der Waals surface area contributed by atoms with Crippen molar-refractivity contribution in [2.24, 2.45) is 0 Å². The summed E-state index contributed by atoms with van der Waals surface area (Å²) in [5, 5.41) is 2.80. The number of sulfonamides is 1. The molecule has 2 rings (SSSR count). The Bertz CT molecular complexity index is 898. The Balaban J connectivity index is 2.21. The lowest BCUT2D eigenvalue weighted by atomic mass is 10.1. The van der Waals surface area contributed by atoms with Crippen molar-refractivity contribution in [2.75, 3.05) is 32.1 Å². The van der Waals surface area contributed by atoms with E-state index in [1.165, 1.54) is 19.2 Å². The van der Waals surface area contributed by atoms with Crippen LogP contribution >= 0.6 is 15.9 Å². The average Bonchev–Trinajstić information content (AvgIpc) is 2.62. The molecule has 2 aromatic rings. The normalized spacial score (nSPS) is 11.6. The van der Waals surface area contributed by atoms with Gasteiger partial charge in [0.25, 0.3) is 0 Å². The van der Waals surface area contributed by atoms with Gasteiger partial charge in [-0.15, -0.1) is 0 Å². The number of hydrogen-bond acceptors (Lipinski definition) is 4. The van der Waals surface area contributed by atoms with Crippen molar-refractivity contribution < 1.29 is 17.9 Å². The number of hydrogen-bond donors (Lipinski definition) is 1. The van der Waals surface area contributed by atoms with Crippen molar-refractivity contribution in [1.29, 1.82) is 0 Å². The van der Waals surface area contributed by atoms with Crippen LogP contribution in [0.15, 0.2) is 51.8 Å². The first-order valence-corrected chi connectivity index (χ1v) is 10.6. The summed E-state index contributed by atoms with van der Waals surface area (Å²) in [4.78, 5) is 12.6. The van der Waals surface area contributed by atoms with Crippen LogP contribution in [0.5, 0.6) is 0 Å². The summed E-state index contributed by atoms with van der Waals surface area (Å²) in [5.74, 6) is -0.402. The third-order valence-electron chi connectivity index (χ3n) is 4.19. The topological polar surface area (TPSA) is 75.7 Å². The minimum atomic E-state index is -3.82. The standard InChI is InChI=1S/C19H23BrN2O4S/c1-14-5-4-6-18(15(14)2)21-19(23)13-22(11-12-26-3)27(24,25)17-9-7-16(20)8-10-17/h4-10H,11-13H2,1-3H3,(H,21,23). The van der Waals surface area contributed by atoms with Gasteiger partial charge in [-0.3, -0.25) is 4.79 Å². The maximum atomic E-state index is 12.9. The van der Waals surface area contributed by atoms with E-state index < -0.39 is 15.9 Å². The summed E-state index contributed by atoms with van der Waals surface area (Å²) in [7, 11) is -2.34. The van der Waals surface area contributed by atoms with Crippen LogP contribution in [0.4, 0.5) is 5.69 Å². The number of aryl methyl sites for hydroxylation is 1. The maximum absolute atomic E-state index is 12.9. The van der Waals surface area contributed by atoms with Crippen molar-refractivity contribution in [3.63, 3.8) is 0 Å². The number of ether oxygens (including phenoxy) is 1. The molecule has 2 aromatic carbocycles. The number of anilines is 1. The minimum absolute atomic E-state index is 0.0785. The lowest BCUT2D eigenvalue weighted by Gasteiger charge is -2.22. The Morgan fingerprint density at radius 3 is 2.44 bits per heavy atom. The molecule has 0 saturated heterocycles. The summed E-state index contributed by atoms with van der Waals surface area (Å²) < 4.78 is 32.8. The highest BCUT2D eigenvalue weighted by Crippen LogP contribution is 2.20. The highest BCUT2D eigenvalue weighted by Gasteiger charge is 2.26. The van der Waals surface area contributed by atoms with Crippen molar-refractivity contribution in [2.45, 2.75) is 18.7 Å². The van der Waals surface area contributed by atoms with Gasteiger partial charge in [-0.05, 0) is 55.3 Å². The molecule has 0 aromatic heterocycles. The van der Waals surface area contributed by atoms with E-state index in [1.54, 1.807) is 18.2 Å². The number of carbonyl (C=O) groups is 1. The molecule has 0 fully saturated rings. The van der Waals surface area contributed by atoms with Crippen molar-refractivity contribution in [1.82, 2.24) is 4.31 Å². The Morgan fingerprint density at radius 2 is 1.81 bits per heavy atom. The number of methoxy groups -OCH3 is 1. The molecule has 0 heterocycles. The second-order valence-corrected chi connectivity index (χ2v) is 8.93. The highest BCUT2D eigenvalue weighted by atomic mass is 79.9. The van der Waals surface area contributed by atoms with Gasteiger partial charge in [0.05, 0.1) is 18.0 Å². The maximum Gasteiger partial charge on any atom is 0.243 e. The summed E-state index contributed by atoms with van der Waals surface area (Å²) in [6.07, 6.45) is 0. The van der Waals surface area contributed by atoms with E-state index in [4.69, 9.17) is 4.74 Å². The summed E-state index contributed by atoms with van der Waals surface area (Å²) in [5.41, 5.74) is 2.67. The quantitative estimate of drug-likeness (QED) is 0.663. The molecule has 0 unspecified atom stereocenters. The molecule has 1 N–H and O–H groups in total. The summed E-state index contributed by atoms with van der Waals surface area (Å²) in [6, 6.07) is 11.9. The lowest BCUT2D eigenvalue weighted by Crippen LogP contribution is -2.40. The Kier molecular flexibility index (Phi) is 7.55. The molecule has 0 bridgehead atoms. The van der Waals surface area contributed by atoms with Crippen LogP contribution in [-0.4, -0.2) is 45.4 Å². The fourth-order valence-corrected chi connectivity index (χ4v) is 4.11. The van der Waals surface area contributed by atoms with E-state index in [9.17, 15) is 13.2 Å². The van der Waals surface area contributed by atoms with Gasteiger partial charge in [-0.2, -0.15) is 4.31 Å². The van der Waals surface area contributed by atoms with Gasteiger partial charge >= 0.3 is 0 Å². The van der Waals surface area contributed by atoms with Crippen LogP contribution in [0.1, 0.15) is 11.1 Å². The first-order chi connectivity index (χ1) is 12.8. The number of amides is 1. The van der Waals surface area contributed by atoms with E-state index in [2.05, 4.69) is 21.2 Å². The first-order valence-electron chi connectivity index (χ1n) is 8.36. The second kappa shape index (κ2) is 9.45. The van der Waals surface area contributed by atoms with Gasteiger partial charge in [-0.25, -0.2) is 8.42 Å². The zero-order valence-corrected chi connectivity index (χ0v) is 17.9. The van der Waals surface area contributed by atoms with Crippen LogP contribution in [-0.2, 0) is 19.6 Å². The molecular formula is C19H23BrN2O4S. The molecule has 0 aliphatic rings. The molecule has 0 aliphatic heterocycles. The van der Waals surface area contributed by atoms with Crippen molar-refractivity contribution in [3.8, 4) is 0 Å². The molecule has 0 aliphatic carbocycles. The lowest BCUT2D eigenvalue weighted by molar-refractivity contribution is -0.116. The third kappa shape index (κ3) is 5.62. The van der Waals surface area contributed by atoms with Gasteiger partial charge < -0.3 is 10.1 Å². The molecule has 0 spiro atoms. The zero-order chi connectivity index (χ0) is 20.0. The van der Waals surface area contributed by atoms with E-state index in [0.717, 1.165) is 19.9 Å². The average molecular weight is 455 g/mol. The fourth-order valence-electron chi connectivity index (χ4n) is 2.47. The van der Waals surface area contributed by atoms with Gasteiger partial charge in [0.15, 0.2) is 0 Å². The van der Waals surface area contributed by atoms with Crippen LogP contribution < -0.4 is 5.32 Å².